The van der Waals surface area contributed by atoms with E-state index in [-0.39, 0.29) is 26.3 Å². The molecule has 0 spiro atoms. The van der Waals surface area contributed by atoms with Gasteiger partial charge in [-0.15, -0.1) is 0 Å². The van der Waals surface area contributed by atoms with Crippen molar-refractivity contribution in [3.63, 3.8) is 0 Å². The second-order valence-corrected chi connectivity index (χ2v) is 11.1. The SMILES string of the molecule is COc1cccc(OC)c1CS(=O)(=O)c1ccc2c(c1)NC(=O)/C(=C\c1ccc(Cl)c([N+](=O)[O-])c1)S2. The number of amides is 1. The third kappa shape index (κ3) is 5.18. The predicted octanol–water partition coefficient (Wildman–Crippen LogP) is 5.32. The van der Waals surface area contributed by atoms with E-state index in [9.17, 15) is 23.3 Å². The topological polar surface area (TPSA) is 125 Å². The Bertz CT molecular complexity index is 1500. The van der Waals surface area contributed by atoms with Gasteiger partial charge in [0.15, 0.2) is 9.84 Å². The number of fused-ring (bicyclic) bond motifs is 1. The molecule has 0 saturated heterocycles. The molecule has 3 aromatic rings. The summed E-state index contributed by atoms with van der Waals surface area (Å²) in [6.07, 6.45) is 1.50. The summed E-state index contributed by atoms with van der Waals surface area (Å²) >= 11 is 6.98. The van der Waals surface area contributed by atoms with Gasteiger partial charge in [-0.3, -0.25) is 14.9 Å². The highest BCUT2D eigenvalue weighted by atomic mass is 35.5. The van der Waals surface area contributed by atoms with Crippen LogP contribution in [0.25, 0.3) is 6.08 Å². The molecule has 186 valence electrons. The van der Waals surface area contributed by atoms with Crippen molar-refractivity contribution < 1.29 is 27.6 Å². The lowest BCUT2D eigenvalue weighted by atomic mass is 10.2. The number of hydrogen-bond donors (Lipinski definition) is 1. The molecule has 0 aliphatic carbocycles. The quantitative estimate of drug-likeness (QED) is 0.240. The van der Waals surface area contributed by atoms with E-state index in [2.05, 4.69) is 5.32 Å². The maximum atomic E-state index is 13.2. The highest BCUT2D eigenvalue weighted by Gasteiger charge is 2.26. The summed E-state index contributed by atoms with van der Waals surface area (Å²) in [6, 6.07) is 13.7. The molecule has 3 aromatic carbocycles. The summed E-state index contributed by atoms with van der Waals surface area (Å²) < 4.78 is 37.0. The summed E-state index contributed by atoms with van der Waals surface area (Å²) in [5.41, 5.74) is 0.893. The monoisotopic (exact) mass is 546 g/mol. The van der Waals surface area contributed by atoms with E-state index in [0.29, 0.717) is 33.2 Å². The van der Waals surface area contributed by atoms with Crippen LogP contribution in [-0.4, -0.2) is 33.5 Å². The third-order valence-corrected chi connectivity index (χ3v) is 8.39. The fourth-order valence-corrected chi connectivity index (χ4v) is 6.11. The van der Waals surface area contributed by atoms with Crippen molar-refractivity contribution in [3.05, 3.63) is 85.8 Å². The van der Waals surface area contributed by atoms with E-state index < -0.39 is 20.7 Å². The number of ether oxygens (including phenoxy) is 2. The second kappa shape index (κ2) is 10.2. The number of nitrogens with zero attached hydrogens (tertiary/aromatic N) is 1. The molecule has 0 fully saturated rings. The number of carbonyl (C=O) groups is 1. The first-order valence-electron chi connectivity index (χ1n) is 10.3. The molecule has 12 heteroatoms. The molecule has 1 N–H and O–H groups in total. The molecule has 1 amide bonds. The number of rotatable bonds is 7. The summed E-state index contributed by atoms with van der Waals surface area (Å²) in [7, 11) is -0.923. The molecule has 4 rings (SSSR count). The Morgan fingerprint density at radius 1 is 1.08 bits per heavy atom. The van der Waals surface area contributed by atoms with Gasteiger partial charge in [0.1, 0.15) is 16.5 Å². The van der Waals surface area contributed by atoms with Crippen LogP contribution in [0.2, 0.25) is 5.02 Å². The molecule has 0 saturated carbocycles. The van der Waals surface area contributed by atoms with E-state index in [1.165, 1.54) is 44.6 Å². The molecule has 1 aliphatic rings. The van der Waals surface area contributed by atoms with E-state index in [0.717, 1.165) is 11.8 Å². The van der Waals surface area contributed by atoms with Crippen LogP contribution < -0.4 is 14.8 Å². The molecular formula is C24H19ClN2O7S2. The Morgan fingerprint density at radius 3 is 2.42 bits per heavy atom. The van der Waals surface area contributed by atoms with Crippen molar-refractivity contribution in [2.75, 3.05) is 19.5 Å². The number of anilines is 1. The number of nitro benzene ring substituents is 1. The molecule has 9 nitrogen and oxygen atoms in total. The van der Waals surface area contributed by atoms with Crippen molar-refractivity contribution in [1.29, 1.82) is 0 Å². The van der Waals surface area contributed by atoms with Gasteiger partial charge in [-0.25, -0.2) is 8.42 Å². The number of nitrogens with one attached hydrogen (secondary N) is 1. The van der Waals surface area contributed by atoms with Crippen molar-refractivity contribution in [3.8, 4) is 11.5 Å². The van der Waals surface area contributed by atoms with Gasteiger partial charge in [-0.2, -0.15) is 0 Å². The van der Waals surface area contributed by atoms with Gasteiger partial charge < -0.3 is 14.8 Å². The van der Waals surface area contributed by atoms with Crippen molar-refractivity contribution in [2.24, 2.45) is 0 Å². The summed E-state index contributed by atoms with van der Waals surface area (Å²) in [4.78, 5) is 24.2. The molecule has 0 bridgehead atoms. The predicted molar refractivity (Wildman–Crippen MR) is 137 cm³/mol. The zero-order chi connectivity index (χ0) is 26.0. The first-order chi connectivity index (χ1) is 17.1. The zero-order valence-electron chi connectivity index (χ0n) is 19.0. The Kier molecular flexibility index (Phi) is 7.25. The zero-order valence-corrected chi connectivity index (χ0v) is 21.4. The van der Waals surface area contributed by atoms with Crippen LogP contribution in [0.4, 0.5) is 11.4 Å². The Labute approximate surface area is 216 Å². The minimum Gasteiger partial charge on any atom is -0.496 e. The summed E-state index contributed by atoms with van der Waals surface area (Å²) in [5.74, 6) is -0.0550. The Morgan fingerprint density at radius 2 is 1.78 bits per heavy atom. The largest absolute Gasteiger partial charge is 0.496 e. The number of halogens is 1. The maximum Gasteiger partial charge on any atom is 0.288 e. The minimum atomic E-state index is -3.82. The van der Waals surface area contributed by atoms with Crippen molar-refractivity contribution in [1.82, 2.24) is 0 Å². The van der Waals surface area contributed by atoms with Gasteiger partial charge in [0.2, 0.25) is 0 Å². The average Bonchev–Trinajstić information content (AvgIpc) is 2.85. The van der Waals surface area contributed by atoms with Crippen LogP contribution in [-0.2, 0) is 20.4 Å². The molecule has 36 heavy (non-hydrogen) atoms. The highest BCUT2D eigenvalue weighted by Crippen LogP contribution is 2.41. The van der Waals surface area contributed by atoms with Crippen LogP contribution in [0.15, 0.2) is 69.3 Å². The van der Waals surface area contributed by atoms with Crippen LogP contribution in [0.3, 0.4) is 0 Å². The Balaban J connectivity index is 1.63. The smallest absolute Gasteiger partial charge is 0.288 e. The lowest BCUT2D eigenvalue weighted by Gasteiger charge is -2.20. The van der Waals surface area contributed by atoms with Crippen LogP contribution in [0, 0.1) is 10.1 Å². The summed E-state index contributed by atoms with van der Waals surface area (Å²) in [5, 5.41) is 13.8. The fraction of sp³-hybridized carbons (Fsp3) is 0.125. The van der Waals surface area contributed by atoms with E-state index in [1.807, 2.05) is 0 Å². The van der Waals surface area contributed by atoms with Gasteiger partial charge in [-0.05, 0) is 48.0 Å². The standard InChI is InChI=1S/C24H19ClN2O7S2/c1-33-20-4-3-5-21(34-2)16(20)13-36(31,32)15-7-9-22-18(12-15)26-24(28)23(35-22)11-14-6-8-17(25)19(10-14)27(29)30/h3-12H,13H2,1-2H3,(H,26,28)/b23-11+. The van der Waals surface area contributed by atoms with Crippen molar-refractivity contribution >= 4 is 56.6 Å². The van der Waals surface area contributed by atoms with E-state index >= 15 is 0 Å². The van der Waals surface area contributed by atoms with Crippen molar-refractivity contribution in [2.45, 2.75) is 15.5 Å². The van der Waals surface area contributed by atoms with Gasteiger partial charge in [-0.1, -0.05) is 35.5 Å². The number of hydrogen-bond acceptors (Lipinski definition) is 8. The van der Waals surface area contributed by atoms with Gasteiger partial charge in [0, 0.05) is 11.0 Å². The molecule has 1 heterocycles. The number of sulfone groups is 1. The number of nitro groups is 1. The number of thioether (sulfide) groups is 1. The fourth-order valence-electron chi connectivity index (χ4n) is 3.59. The molecule has 1 aliphatic heterocycles. The minimum absolute atomic E-state index is 0.00674. The molecule has 0 aromatic heterocycles. The first-order valence-corrected chi connectivity index (χ1v) is 13.2. The second-order valence-electron chi connectivity index (χ2n) is 7.59. The van der Waals surface area contributed by atoms with Gasteiger partial charge >= 0.3 is 0 Å². The van der Waals surface area contributed by atoms with Crippen LogP contribution >= 0.6 is 23.4 Å². The number of methoxy groups -OCH3 is 2. The normalized spacial score (nSPS) is 14.2. The van der Waals surface area contributed by atoms with Gasteiger partial charge in [0.05, 0.1) is 45.9 Å². The highest BCUT2D eigenvalue weighted by molar-refractivity contribution is 8.04. The Hall–Kier alpha value is -3.54. The van der Waals surface area contributed by atoms with E-state index in [4.69, 9.17) is 21.1 Å². The number of carbonyl (C=O) groups excluding carboxylic acids is 1. The third-order valence-electron chi connectivity index (χ3n) is 5.33. The molecule has 0 radical (unpaired) electrons. The molecule has 0 atom stereocenters. The molecular weight excluding hydrogens is 528 g/mol. The van der Waals surface area contributed by atoms with Crippen LogP contribution in [0.1, 0.15) is 11.1 Å². The molecule has 0 unspecified atom stereocenters. The van der Waals surface area contributed by atoms with Gasteiger partial charge in [0.25, 0.3) is 11.6 Å². The average molecular weight is 547 g/mol. The number of benzene rings is 3. The lowest BCUT2D eigenvalue weighted by molar-refractivity contribution is -0.384. The van der Waals surface area contributed by atoms with E-state index in [1.54, 1.807) is 30.3 Å². The first kappa shape index (κ1) is 25.5. The lowest BCUT2D eigenvalue weighted by Crippen LogP contribution is -2.18. The summed E-state index contributed by atoms with van der Waals surface area (Å²) in [6.45, 7) is 0. The maximum absolute atomic E-state index is 13.2. The van der Waals surface area contributed by atoms with Crippen LogP contribution in [0.5, 0.6) is 11.5 Å².